The Bertz CT molecular complexity index is 1460. The lowest BCUT2D eigenvalue weighted by Gasteiger charge is -2.28. The van der Waals surface area contributed by atoms with Gasteiger partial charge in [0.25, 0.3) is 6.43 Å². The number of halogens is 7. The molecule has 2 heterocycles. The van der Waals surface area contributed by atoms with Gasteiger partial charge in [-0.15, -0.1) is 0 Å². The van der Waals surface area contributed by atoms with Gasteiger partial charge in [0.05, 0.1) is 11.4 Å². The van der Waals surface area contributed by atoms with Crippen LogP contribution in [0.4, 0.5) is 30.7 Å². The van der Waals surface area contributed by atoms with Crippen molar-refractivity contribution >= 4 is 20.9 Å². The number of alkyl halides is 5. The molecular weight excluding hydrogens is 539 g/mol. The van der Waals surface area contributed by atoms with Gasteiger partial charge in [-0.05, 0) is 36.5 Å². The summed E-state index contributed by atoms with van der Waals surface area (Å²) in [6, 6.07) is 0.287. The van der Waals surface area contributed by atoms with Crippen LogP contribution in [-0.4, -0.2) is 29.6 Å². The first-order chi connectivity index (χ1) is 17.5. The van der Waals surface area contributed by atoms with Crippen molar-refractivity contribution in [2.24, 2.45) is 5.41 Å². The summed E-state index contributed by atoms with van der Waals surface area (Å²) in [4.78, 5) is 3.11. The molecule has 208 valence electrons. The highest BCUT2D eigenvalue weighted by Crippen LogP contribution is 2.41. The van der Waals surface area contributed by atoms with Gasteiger partial charge >= 0.3 is 6.18 Å². The number of hydrogen-bond donors (Lipinski definition) is 1. The molecule has 1 N–H and O–H groups in total. The van der Waals surface area contributed by atoms with Crippen LogP contribution in [0.3, 0.4) is 0 Å². The number of pyridine rings is 1. The van der Waals surface area contributed by atoms with E-state index in [1.807, 2.05) is 20.8 Å². The van der Waals surface area contributed by atoms with Gasteiger partial charge in [0.1, 0.15) is 17.7 Å². The largest absolute Gasteiger partial charge is 0.433 e. The summed E-state index contributed by atoms with van der Waals surface area (Å²) >= 11 is 0. The molecule has 1 aliphatic carbocycles. The number of benzene rings is 1. The highest BCUT2D eigenvalue weighted by Gasteiger charge is 2.39. The van der Waals surface area contributed by atoms with Gasteiger partial charge in [-0.1, -0.05) is 27.2 Å². The van der Waals surface area contributed by atoms with E-state index in [1.54, 1.807) is 0 Å². The lowest BCUT2D eigenvalue weighted by molar-refractivity contribution is -0.140. The molecule has 3 aromatic rings. The van der Waals surface area contributed by atoms with Crippen molar-refractivity contribution in [1.29, 1.82) is 0 Å². The second kappa shape index (κ2) is 9.82. The van der Waals surface area contributed by atoms with Crippen LogP contribution in [0.15, 0.2) is 30.6 Å². The van der Waals surface area contributed by atoms with Gasteiger partial charge in [0.2, 0.25) is 10.0 Å². The van der Waals surface area contributed by atoms with Gasteiger partial charge in [-0.25, -0.2) is 35.7 Å². The van der Waals surface area contributed by atoms with Crippen molar-refractivity contribution in [3.05, 3.63) is 53.5 Å². The molecule has 2 aromatic heterocycles. The Labute approximate surface area is 215 Å². The van der Waals surface area contributed by atoms with E-state index in [-0.39, 0.29) is 23.0 Å². The standard InChI is InChI=1S/C25H26F7N3O2S/c1-24(2,3)12-35-11-18(21(23(28)29)34-38(36,37)14-5-4-6-14)16-8-19(27)15(9-20(16)35)17-7-13(26)10-33-22(17)25(30,31)32/h7-11,14,21,23,34H,4-6,12H2,1-3H3. The molecule has 0 bridgehead atoms. The van der Waals surface area contributed by atoms with E-state index in [2.05, 4.69) is 9.71 Å². The van der Waals surface area contributed by atoms with E-state index >= 15 is 4.39 Å². The molecule has 1 aromatic carbocycles. The lowest BCUT2D eigenvalue weighted by atomic mass is 9.96. The number of nitrogens with zero attached hydrogens (tertiary/aromatic N) is 2. The second-order valence-corrected chi connectivity index (χ2v) is 12.7. The maximum atomic E-state index is 15.4. The summed E-state index contributed by atoms with van der Waals surface area (Å²) in [5.74, 6) is -2.36. The molecule has 0 aliphatic heterocycles. The quantitative estimate of drug-likeness (QED) is 0.320. The van der Waals surface area contributed by atoms with Gasteiger partial charge in [-0.2, -0.15) is 13.2 Å². The third kappa shape index (κ3) is 5.68. The number of aromatic nitrogens is 2. The molecule has 1 saturated carbocycles. The maximum absolute atomic E-state index is 15.4. The van der Waals surface area contributed by atoms with Crippen molar-refractivity contribution < 1.29 is 39.2 Å². The number of rotatable bonds is 7. The molecule has 0 spiro atoms. The Balaban J connectivity index is 1.94. The Kier molecular flexibility index (Phi) is 7.32. The lowest BCUT2D eigenvalue weighted by Crippen LogP contribution is -2.42. The average molecular weight is 566 g/mol. The Morgan fingerprint density at radius 3 is 2.26 bits per heavy atom. The van der Waals surface area contributed by atoms with E-state index in [0.717, 1.165) is 12.1 Å². The predicted octanol–water partition coefficient (Wildman–Crippen LogP) is 6.82. The summed E-state index contributed by atoms with van der Waals surface area (Å²) in [6.45, 7) is 5.65. The SMILES string of the molecule is CC(C)(C)Cn1cc(C(NS(=O)(=O)C2CCC2)C(F)F)c2cc(F)c(-c3cc(F)cnc3C(F)(F)F)cc21. The second-order valence-electron chi connectivity index (χ2n) is 10.7. The van der Waals surface area contributed by atoms with Crippen LogP contribution in [0.2, 0.25) is 0 Å². The molecule has 13 heteroatoms. The third-order valence-electron chi connectivity index (χ3n) is 6.43. The smallest absolute Gasteiger partial charge is 0.347 e. The van der Waals surface area contributed by atoms with Crippen molar-refractivity contribution in [3.63, 3.8) is 0 Å². The van der Waals surface area contributed by atoms with Crippen LogP contribution in [0.5, 0.6) is 0 Å². The van der Waals surface area contributed by atoms with Crippen molar-refractivity contribution in [2.75, 3.05) is 0 Å². The highest BCUT2D eigenvalue weighted by molar-refractivity contribution is 7.90. The Morgan fingerprint density at radius 1 is 1.08 bits per heavy atom. The molecule has 1 fully saturated rings. The van der Waals surface area contributed by atoms with Crippen LogP contribution < -0.4 is 4.72 Å². The summed E-state index contributed by atoms with van der Waals surface area (Å²) in [5, 5.41) is -0.911. The van der Waals surface area contributed by atoms with Crippen LogP contribution in [0.1, 0.15) is 57.3 Å². The summed E-state index contributed by atoms with van der Waals surface area (Å²) < 4.78 is 127. The minimum absolute atomic E-state index is 0.0807. The van der Waals surface area contributed by atoms with Crippen LogP contribution in [-0.2, 0) is 22.7 Å². The summed E-state index contributed by atoms with van der Waals surface area (Å²) in [6.07, 6.45) is -5.29. The molecule has 38 heavy (non-hydrogen) atoms. The average Bonchev–Trinajstić information content (AvgIpc) is 3.03. The summed E-state index contributed by atoms with van der Waals surface area (Å²) in [7, 11) is -4.11. The predicted molar refractivity (Wildman–Crippen MR) is 128 cm³/mol. The Morgan fingerprint density at radius 2 is 1.74 bits per heavy atom. The van der Waals surface area contributed by atoms with Gasteiger partial charge in [0.15, 0.2) is 5.69 Å². The number of nitrogens with one attached hydrogen (secondary N) is 1. The fraction of sp³-hybridized carbons (Fsp3) is 0.480. The monoisotopic (exact) mass is 565 g/mol. The van der Waals surface area contributed by atoms with E-state index in [1.165, 1.54) is 10.8 Å². The number of hydrogen-bond acceptors (Lipinski definition) is 3. The normalized spacial score (nSPS) is 16.3. The molecule has 1 atom stereocenters. The molecular formula is C25H26F7N3O2S. The van der Waals surface area contributed by atoms with Gasteiger partial charge in [0, 0.05) is 40.3 Å². The summed E-state index contributed by atoms with van der Waals surface area (Å²) in [5.41, 5.74) is -3.58. The molecule has 0 saturated heterocycles. The van der Waals surface area contributed by atoms with Gasteiger partial charge < -0.3 is 4.57 Å². The Hall–Kier alpha value is -2.67. The van der Waals surface area contributed by atoms with Crippen molar-refractivity contribution in [1.82, 2.24) is 14.3 Å². The fourth-order valence-electron chi connectivity index (χ4n) is 4.51. The first-order valence-electron chi connectivity index (χ1n) is 11.8. The van der Waals surface area contributed by atoms with E-state index < -0.39 is 67.8 Å². The van der Waals surface area contributed by atoms with Crippen LogP contribution >= 0.6 is 0 Å². The molecule has 0 amide bonds. The molecule has 4 rings (SSSR count). The third-order valence-corrected chi connectivity index (χ3v) is 8.36. The molecule has 0 radical (unpaired) electrons. The highest BCUT2D eigenvalue weighted by atomic mass is 32.2. The molecule has 5 nitrogen and oxygen atoms in total. The van der Waals surface area contributed by atoms with Crippen LogP contribution in [0, 0.1) is 17.0 Å². The zero-order valence-corrected chi connectivity index (χ0v) is 21.5. The molecule has 1 aliphatic rings. The van der Waals surface area contributed by atoms with E-state index in [0.29, 0.717) is 31.5 Å². The fourth-order valence-corrected chi connectivity index (χ4v) is 6.24. The number of sulfonamides is 1. The first kappa shape index (κ1) is 28.3. The first-order valence-corrected chi connectivity index (χ1v) is 13.4. The van der Waals surface area contributed by atoms with E-state index in [9.17, 15) is 34.8 Å². The topological polar surface area (TPSA) is 64.0 Å². The van der Waals surface area contributed by atoms with E-state index in [4.69, 9.17) is 0 Å². The zero-order chi connectivity index (χ0) is 28.2. The van der Waals surface area contributed by atoms with Crippen molar-refractivity contribution in [2.45, 2.75) is 70.5 Å². The molecule has 1 unspecified atom stereocenters. The van der Waals surface area contributed by atoms with Gasteiger partial charge in [-0.3, -0.25) is 0 Å². The minimum Gasteiger partial charge on any atom is -0.347 e. The van der Waals surface area contributed by atoms with Crippen LogP contribution in [0.25, 0.3) is 22.0 Å². The number of fused-ring (bicyclic) bond motifs is 1. The maximum Gasteiger partial charge on any atom is 0.433 e. The van der Waals surface area contributed by atoms with Crippen molar-refractivity contribution in [3.8, 4) is 11.1 Å². The zero-order valence-electron chi connectivity index (χ0n) is 20.7. The minimum atomic E-state index is -5.02.